The number of rotatable bonds is 4. The number of hydrogen-bond donors (Lipinski definition) is 0. The third-order valence-corrected chi connectivity index (χ3v) is 3.63. The Labute approximate surface area is 109 Å². The fraction of sp³-hybridized carbons (Fsp3) is 0.727. The zero-order chi connectivity index (χ0) is 13.7. The van der Waals surface area contributed by atoms with Crippen molar-refractivity contribution < 1.29 is 28.6 Å². The van der Waals surface area contributed by atoms with E-state index in [-0.39, 0.29) is 11.9 Å². The molecule has 3 atom stereocenters. The van der Waals surface area contributed by atoms with Gasteiger partial charge in [-0.05, 0) is 0 Å². The Bertz CT molecular complexity index is 342. The van der Waals surface area contributed by atoms with Crippen molar-refractivity contribution in [3.8, 4) is 0 Å². The molecule has 1 fully saturated rings. The Balaban J connectivity index is 2.63. The van der Waals surface area contributed by atoms with Crippen molar-refractivity contribution in [1.82, 2.24) is 0 Å². The Morgan fingerprint density at radius 1 is 1.06 bits per heavy atom. The summed E-state index contributed by atoms with van der Waals surface area (Å²) in [5, 5.41) is -0.206. The third-order valence-electron chi connectivity index (χ3n) is 2.28. The van der Waals surface area contributed by atoms with Crippen molar-refractivity contribution >= 4 is 29.7 Å². The summed E-state index contributed by atoms with van der Waals surface area (Å²) < 4.78 is 15.1. The Hall–Kier alpha value is -1.24. The van der Waals surface area contributed by atoms with Crippen LogP contribution in [0.3, 0.4) is 0 Å². The zero-order valence-corrected chi connectivity index (χ0v) is 11.3. The molecule has 0 aliphatic carbocycles. The molecule has 7 heteroatoms. The summed E-state index contributed by atoms with van der Waals surface area (Å²) >= 11 is 1.45. The van der Waals surface area contributed by atoms with Crippen LogP contribution < -0.4 is 0 Å². The van der Waals surface area contributed by atoms with Crippen LogP contribution in [0, 0.1) is 0 Å². The molecule has 0 N–H and O–H groups in total. The SMILES string of the molecule is CC(=O)OC[C@H]1SC[C@H](OC(C)=O)[C@@H]1OC(C)=O. The standard InChI is InChI=1S/C11H16O6S/c1-6(12)15-4-10-11(17-8(3)14)9(5-18-10)16-7(2)13/h9-11H,4-5H2,1-3H3/t9-,10+,11-/m0/s1. The summed E-state index contributed by atoms with van der Waals surface area (Å²) in [5.74, 6) is -0.754. The summed E-state index contributed by atoms with van der Waals surface area (Å²) in [5.41, 5.74) is 0. The summed E-state index contributed by atoms with van der Waals surface area (Å²) in [7, 11) is 0. The van der Waals surface area contributed by atoms with Crippen LogP contribution >= 0.6 is 11.8 Å². The van der Waals surface area contributed by atoms with Crippen LogP contribution in [0.15, 0.2) is 0 Å². The molecule has 0 aromatic heterocycles. The molecule has 0 spiro atoms. The van der Waals surface area contributed by atoms with Gasteiger partial charge in [0.25, 0.3) is 0 Å². The van der Waals surface area contributed by atoms with Crippen LogP contribution in [-0.4, -0.2) is 47.7 Å². The minimum atomic E-state index is -0.573. The maximum absolute atomic E-state index is 11.0. The van der Waals surface area contributed by atoms with Gasteiger partial charge in [-0.3, -0.25) is 14.4 Å². The third kappa shape index (κ3) is 4.56. The Kier molecular flexibility index (Phi) is 5.46. The topological polar surface area (TPSA) is 78.9 Å². The smallest absolute Gasteiger partial charge is 0.303 e. The number of hydrogen-bond acceptors (Lipinski definition) is 7. The van der Waals surface area contributed by atoms with Gasteiger partial charge < -0.3 is 14.2 Å². The minimum Gasteiger partial charge on any atom is -0.465 e. The van der Waals surface area contributed by atoms with Crippen molar-refractivity contribution in [2.24, 2.45) is 0 Å². The molecule has 0 saturated carbocycles. The van der Waals surface area contributed by atoms with Crippen molar-refractivity contribution in [2.45, 2.75) is 38.2 Å². The highest BCUT2D eigenvalue weighted by molar-refractivity contribution is 8.00. The van der Waals surface area contributed by atoms with Crippen molar-refractivity contribution in [2.75, 3.05) is 12.4 Å². The van der Waals surface area contributed by atoms with Gasteiger partial charge in [-0.1, -0.05) is 0 Å². The van der Waals surface area contributed by atoms with E-state index in [1.807, 2.05) is 0 Å². The van der Waals surface area contributed by atoms with Gasteiger partial charge >= 0.3 is 17.9 Å². The quantitative estimate of drug-likeness (QED) is 0.547. The molecule has 18 heavy (non-hydrogen) atoms. The minimum absolute atomic E-state index is 0.135. The van der Waals surface area contributed by atoms with Gasteiger partial charge in [0.05, 0.1) is 5.25 Å². The van der Waals surface area contributed by atoms with Crippen LogP contribution in [-0.2, 0) is 28.6 Å². The molecule has 0 bridgehead atoms. The maximum Gasteiger partial charge on any atom is 0.303 e. The van der Waals surface area contributed by atoms with E-state index in [9.17, 15) is 14.4 Å². The Morgan fingerprint density at radius 2 is 1.67 bits per heavy atom. The Morgan fingerprint density at radius 3 is 2.17 bits per heavy atom. The summed E-state index contributed by atoms with van der Waals surface area (Å²) in [4.78, 5) is 32.7. The summed E-state index contributed by atoms with van der Waals surface area (Å²) in [6, 6.07) is 0. The number of ether oxygens (including phenoxy) is 3. The average Bonchev–Trinajstić information content (AvgIpc) is 2.57. The lowest BCUT2D eigenvalue weighted by Gasteiger charge is -2.22. The van der Waals surface area contributed by atoms with Crippen LogP contribution in [0.4, 0.5) is 0 Å². The maximum atomic E-state index is 11.0. The van der Waals surface area contributed by atoms with E-state index in [1.165, 1.54) is 32.5 Å². The van der Waals surface area contributed by atoms with Gasteiger partial charge in [-0.15, -0.1) is 11.8 Å². The highest BCUT2D eigenvalue weighted by atomic mass is 32.2. The van der Waals surface area contributed by atoms with Crippen LogP contribution in [0.5, 0.6) is 0 Å². The van der Waals surface area contributed by atoms with Crippen molar-refractivity contribution in [3.05, 3.63) is 0 Å². The summed E-state index contributed by atoms with van der Waals surface area (Å²) in [6.07, 6.45) is -1.06. The van der Waals surface area contributed by atoms with E-state index < -0.39 is 30.1 Å². The fourth-order valence-electron chi connectivity index (χ4n) is 1.65. The largest absolute Gasteiger partial charge is 0.465 e. The molecule has 0 unspecified atom stereocenters. The molecular formula is C11H16O6S. The van der Waals surface area contributed by atoms with E-state index >= 15 is 0 Å². The van der Waals surface area contributed by atoms with E-state index in [1.54, 1.807) is 0 Å². The highest BCUT2D eigenvalue weighted by Gasteiger charge is 2.42. The van der Waals surface area contributed by atoms with Gasteiger partial charge in [0.15, 0.2) is 6.10 Å². The molecule has 6 nitrogen and oxygen atoms in total. The number of carbonyl (C=O) groups excluding carboxylic acids is 3. The fourth-order valence-corrected chi connectivity index (χ4v) is 2.93. The second-order valence-corrected chi connectivity index (χ2v) is 5.17. The molecule has 0 aromatic rings. The number of carbonyl (C=O) groups is 3. The first-order valence-electron chi connectivity index (χ1n) is 5.49. The average molecular weight is 276 g/mol. The van der Waals surface area contributed by atoms with Gasteiger partial charge in [0.1, 0.15) is 12.7 Å². The molecule has 1 aliphatic heterocycles. The second-order valence-electron chi connectivity index (χ2n) is 3.90. The van der Waals surface area contributed by atoms with Crippen LogP contribution in [0.2, 0.25) is 0 Å². The molecule has 1 aliphatic rings. The van der Waals surface area contributed by atoms with Gasteiger partial charge in [-0.2, -0.15) is 0 Å². The first-order chi connectivity index (χ1) is 8.40. The molecule has 1 rings (SSSR count). The normalized spacial score (nSPS) is 26.5. The number of thioether (sulfide) groups is 1. The van der Waals surface area contributed by atoms with Gasteiger partial charge in [0.2, 0.25) is 0 Å². The lowest BCUT2D eigenvalue weighted by Crippen LogP contribution is -2.39. The predicted molar refractivity (Wildman–Crippen MR) is 64.0 cm³/mol. The van der Waals surface area contributed by atoms with Crippen LogP contribution in [0.25, 0.3) is 0 Å². The van der Waals surface area contributed by atoms with Gasteiger partial charge in [0, 0.05) is 26.5 Å². The van der Waals surface area contributed by atoms with E-state index in [4.69, 9.17) is 14.2 Å². The molecule has 102 valence electrons. The molecule has 1 saturated heterocycles. The molecule has 0 aromatic carbocycles. The monoisotopic (exact) mass is 276 g/mol. The predicted octanol–water partition coefficient (Wildman–Crippen LogP) is 0.528. The van der Waals surface area contributed by atoms with Crippen molar-refractivity contribution in [1.29, 1.82) is 0 Å². The first kappa shape index (κ1) is 14.8. The lowest BCUT2D eigenvalue weighted by atomic mass is 10.1. The van der Waals surface area contributed by atoms with Crippen LogP contribution in [0.1, 0.15) is 20.8 Å². The highest BCUT2D eigenvalue weighted by Crippen LogP contribution is 2.32. The zero-order valence-electron chi connectivity index (χ0n) is 10.5. The van der Waals surface area contributed by atoms with E-state index in [0.29, 0.717) is 5.75 Å². The summed E-state index contributed by atoms with van der Waals surface area (Å²) in [6.45, 7) is 4.03. The van der Waals surface area contributed by atoms with Gasteiger partial charge in [-0.25, -0.2) is 0 Å². The van der Waals surface area contributed by atoms with Crippen molar-refractivity contribution in [3.63, 3.8) is 0 Å². The first-order valence-corrected chi connectivity index (χ1v) is 6.54. The second kappa shape index (κ2) is 6.63. The van der Waals surface area contributed by atoms with E-state index in [0.717, 1.165) is 0 Å². The molecule has 0 amide bonds. The van der Waals surface area contributed by atoms with E-state index in [2.05, 4.69) is 0 Å². The lowest BCUT2D eigenvalue weighted by molar-refractivity contribution is -0.163. The number of esters is 3. The molecule has 1 heterocycles. The molecule has 0 radical (unpaired) electrons. The molecular weight excluding hydrogens is 260 g/mol.